The Hall–Kier alpha value is -1.84. The molecular weight excluding hydrogens is 254 g/mol. The Morgan fingerprint density at radius 3 is 2.60 bits per heavy atom. The summed E-state index contributed by atoms with van der Waals surface area (Å²) in [6.45, 7) is 4.80. The predicted molar refractivity (Wildman–Crippen MR) is 78.6 cm³/mol. The fourth-order valence-electron chi connectivity index (χ4n) is 1.93. The number of carbonyl (C=O) groups is 2. The molecule has 1 amide bonds. The van der Waals surface area contributed by atoms with Crippen molar-refractivity contribution in [3.8, 4) is 0 Å². The molecule has 1 aromatic carbocycles. The Kier molecular flexibility index (Phi) is 7.40. The Balaban J connectivity index is 2.14. The van der Waals surface area contributed by atoms with Gasteiger partial charge in [-0.2, -0.15) is 0 Å². The molecule has 110 valence electrons. The largest absolute Gasteiger partial charge is 0.466 e. The molecule has 0 aliphatic carbocycles. The number of hydrogen-bond acceptors (Lipinski definition) is 3. The van der Waals surface area contributed by atoms with Gasteiger partial charge in [-0.25, -0.2) is 0 Å². The second kappa shape index (κ2) is 9.13. The molecule has 0 unspecified atom stereocenters. The van der Waals surface area contributed by atoms with E-state index >= 15 is 0 Å². The van der Waals surface area contributed by atoms with Crippen molar-refractivity contribution in [2.75, 3.05) is 13.2 Å². The second-order valence-corrected chi connectivity index (χ2v) is 4.69. The molecular formula is C16H23NO3. The van der Waals surface area contributed by atoms with Crippen molar-refractivity contribution in [2.24, 2.45) is 0 Å². The molecule has 20 heavy (non-hydrogen) atoms. The van der Waals surface area contributed by atoms with Crippen molar-refractivity contribution < 1.29 is 14.3 Å². The summed E-state index contributed by atoms with van der Waals surface area (Å²) in [5, 5.41) is 2.90. The van der Waals surface area contributed by atoms with Gasteiger partial charge in [-0.3, -0.25) is 9.59 Å². The number of aryl methyl sites for hydroxylation is 1. The number of esters is 1. The Labute approximate surface area is 120 Å². The number of ether oxygens (including phenoxy) is 1. The van der Waals surface area contributed by atoms with Gasteiger partial charge in [0.2, 0.25) is 0 Å². The van der Waals surface area contributed by atoms with Crippen molar-refractivity contribution in [3.05, 3.63) is 35.4 Å². The van der Waals surface area contributed by atoms with E-state index in [1.54, 1.807) is 6.92 Å². The fraction of sp³-hybridized carbons (Fsp3) is 0.500. The van der Waals surface area contributed by atoms with E-state index in [0.29, 0.717) is 19.6 Å². The van der Waals surface area contributed by atoms with Gasteiger partial charge < -0.3 is 10.1 Å². The van der Waals surface area contributed by atoms with Crippen LogP contribution in [0.25, 0.3) is 0 Å². The minimum atomic E-state index is -0.142. The lowest BCUT2D eigenvalue weighted by Gasteiger charge is -2.07. The average molecular weight is 277 g/mol. The fourth-order valence-corrected chi connectivity index (χ4v) is 1.93. The third-order valence-corrected chi connectivity index (χ3v) is 3.04. The first-order chi connectivity index (χ1) is 9.65. The highest BCUT2D eigenvalue weighted by atomic mass is 16.5. The van der Waals surface area contributed by atoms with Gasteiger partial charge in [-0.1, -0.05) is 24.6 Å². The normalized spacial score (nSPS) is 10.1. The topological polar surface area (TPSA) is 55.4 Å². The first-order valence-corrected chi connectivity index (χ1v) is 7.14. The molecule has 0 aromatic heterocycles. The number of hydrogen-bond donors (Lipinski definition) is 1. The first kappa shape index (κ1) is 16.2. The molecule has 0 fully saturated rings. The van der Waals surface area contributed by atoms with Gasteiger partial charge in [-0.15, -0.1) is 0 Å². The molecule has 0 aliphatic heterocycles. The van der Waals surface area contributed by atoms with E-state index in [-0.39, 0.29) is 11.9 Å². The van der Waals surface area contributed by atoms with Crippen LogP contribution in [0.5, 0.6) is 0 Å². The first-order valence-electron chi connectivity index (χ1n) is 7.14. The minimum absolute atomic E-state index is 0.0338. The van der Waals surface area contributed by atoms with E-state index in [2.05, 4.69) is 5.32 Å². The van der Waals surface area contributed by atoms with Crippen molar-refractivity contribution in [3.63, 3.8) is 0 Å². The standard InChI is InChI=1S/C16H23NO3/c1-3-20-15(18)11-5-4-8-12-17-16(19)14-10-7-6-9-13(14)2/h6-7,9-10H,3-5,8,11-12H2,1-2H3,(H,17,19). The van der Waals surface area contributed by atoms with Crippen LogP contribution in [0.2, 0.25) is 0 Å². The lowest BCUT2D eigenvalue weighted by Crippen LogP contribution is -2.25. The number of carbonyl (C=O) groups excluding carboxylic acids is 2. The van der Waals surface area contributed by atoms with Crippen molar-refractivity contribution in [1.82, 2.24) is 5.32 Å². The van der Waals surface area contributed by atoms with E-state index in [9.17, 15) is 9.59 Å². The summed E-state index contributed by atoms with van der Waals surface area (Å²) >= 11 is 0. The number of unbranched alkanes of at least 4 members (excludes halogenated alkanes) is 2. The van der Waals surface area contributed by atoms with Crippen LogP contribution in [0.1, 0.15) is 48.5 Å². The summed E-state index contributed by atoms with van der Waals surface area (Å²) in [6, 6.07) is 7.53. The van der Waals surface area contributed by atoms with E-state index in [4.69, 9.17) is 4.74 Å². The maximum absolute atomic E-state index is 11.9. The number of rotatable bonds is 8. The van der Waals surface area contributed by atoms with Gasteiger partial charge in [0.15, 0.2) is 0 Å². The van der Waals surface area contributed by atoms with Gasteiger partial charge in [-0.05, 0) is 38.3 Å². The highest BCUT2D eigenvalue weighted by molar-refractivity contribution is 5.95. The third kappa shape index (κ3) is 5.87. The van der Waals surface area contributed by atoms with Crippen LogP contribution in [0.3, 0.4) is 0 Å². The van der Waals surface area contributed by atoms with Gasteiger partial charge in [0, 0.05) is 18.5 Å². The molecule has 0 aliphatic rings. The molecule has 0 spiro atoms. The van der Waals surface area contributed by atoms with Crippen molar-refractivity contribution in [1.29, 1.82) is 0 Å². The zero-order valence-corrected chi connectivity index (χ0v) is 12.3. The summed E-state index contributed by atoms with van der Waals surface area (Å²) in [4.78, 5) is 23.0. The molecule has 4 nitrogen and oxygen atoms in total. The lowest BCUT2D eigenvalue weighted by atomic mass is 10.1. The van der Waals surface area contributed by atoms with Crippen LogP contribution >= 0.6 is 0 Å². The van der Waals surface area contributed by atoms with Crippen LogP contribution in [0.15, 0.2) is 24.3 Å². The van der Waals surface area contributed by atoms with E-state index in [0.717, 1.165) is 30.4 Å². The molecule has 0 heterocycles. The molecule has 1 N–H and O–H groups in total. The van der Waals surface area contributed by atoms with E-state index < -0.39 is 0 Å². The Bertz CT molecular complexity index is 443. The third-order valence-electron chi connectivity index (χ3n) is 3.04. The van der Waals surface area contributed by atoms with Crippen molar-refractivity contribution in [2.45, 2.75) is 39.5 Å². The van der Waals surface area contributed by atoms with Gasteiger partial charge in [0.05, 0.1) is 6.61 Å². The molecule has 0 bridgehead atoms. The SMILES string of the molecule is CCOC(=O)CCCCCNC(=O)c1ccccc1C. The molecule has 4 heteroatoms. The van der Waals surface area contributed by atoms with Gasteiger partial charge in [0.25, 0.3) is 5.91 Å². The quantitative estimate of drug-likeness (QED) is 0.587. The minimum Gasteiger partial charge on any atom is -0.466 e. The number of benzene rings is 1. The van der Waals surface area contributed by atoms with Crippen LogP contribution in [0.4, 0.5) is 0 Å². The summed E-state index contributed by atoms with van der Waals surface area (Å²) < 4.78 is 4.85. The number of nitrogens with one attached hydrogen (secondary N) is 1. The lowest BCUT2D eigenvalue weighted by molar-refractivity contribution is -0.143. The average Bonchev–Trinajstić information content (AvgIpc) is 2.43. The summed E-state index contributed by atoms with van der Waals surface area (Å²) in [5.74, 6) is -0.176. The Morgan fingerprint density at radius 1 is 1.15 bits per heavy atom. The molecule has 0 saturated carbocycles. The van der Waals surface area contributed by atoms with Crippen LogP contribution in [-0.4, -0.2) is 25.0 Å². The van der Waals surface area contributed by atoms with E-state index in [1.807, 2.05) is 31.2 Å². The van der Waals surface area contributed by atoms with Gasteiger partial charge >= 0.3 is 5.97 Å². The predicted octanol–water partition coefficient (Wildman–Crippen LogP) is 2.85. The van der Waals surface area contributed by atoms with Gasteiger partial charge in [0.1, 0.15) is 0 Å². The van der Waals surface area contributed by atoms with E-state index in [1.165, 1.54) is 0 Å². The summed E-state index contributed by atoms with van der Waals surface area (Å²) in [5.41, 5.74) is 1.70. The van der Waals surface area contributed by atoms with Crippen LogP contribution in [-0.2, 0) is 9.53 Å². The maximum atomic E-state index is 11.9. The zero-order valence-electron chi connectivity index (χ0n) is 12.3. The molecule has 0 saturated heterocycles. The summed E-state index contributed by atoms with van der Waals surface area (Å²) in [6.07, 6.45) is 3.04. The molecule has 1 rings (SSSR count). The monoisotopic (exact) mass is 277 g/mol. The maximum Gasteiger partial charge on any atom is 0.305 e. The molecule has 0 radical (unpaired) electrons. The molecule has 1 aromatic rings. The Morgan fingerprint density at radius 2 is 1.90 bits per heavy atom. The summed E-state index contributed by atoms with van der Waals surface area (Å²) in [7, 11) is 0. The number of amides is 1. The second-order valence-electron chi connectivity index (χ2n) is 4.69. The van der Waals surface area contributed by atoms with Crippen molar-refractivity contribution >= 4 is 11.9 Å². The van der Waals surface area contributed by atoms with Crippen LogP contribution in [0, 0.1) is 6.92 Å². The highest BCUT2D eigenvalue weighted by Gasteiger charge is 2.07. The highest BCUT2D eigenvalue weighted by Crippen LogP contribution is 2.06. The van der Waals surface area contributed by atoms with Crippen LogP contribution < -0.4 is 5.32 Å². The zero-order chi connectivity index (χ0) is 14.8. The smallest absolute Gasteiger partial charge is 0.305 e. The molecule has 0 atom stereocenters.